The number of H-pyrrole nitrogens is 1. The maximum atomic E-state index is 11.7. The van der Waals surface area contributed by atoms with Crippen molar-refractivity contribution < 1.29 is 4.79 Å². The van der Waals surface area contributed by atoms with E-state index in [1.165, 1.54) is 23.1 Å². The van der Waals surface area contributed by atoms with Crippen molar-refractivity contribution in [3.05, 3.63) is 34.2 Å². The molecule has 0 aliphatic carbocycles. The number of hydrogen-bond acceptors (Lipinski definition) is 3. The van der Waals surface area contributed by atoms with Crippen molar-refractivity contribution in [3.63, 3.8) is 0 Å². The third kappa shape index (κ3) is 3.17. The highest BCUT2D eigenvalue weighted by atomic mass is 32.1. The number of carbonyl (C=O) groups is 1. The molecule has 0 atom stereocenters. The topological polar surface area (TPSA) is 79.2 Å². The van der Waals surface area contributed by atoms with E-state index in [0.29, 0.717) is 0 Å². The monoisotopic (exact) mass is 225 g/mol. The van der Waals surface area contributed by atoms with E-state index >= 15 is 0 Å². The first kappa shape index (κ1) is 11.4. The third-order valence-corrected chi connectivity index (χ3v) is 1.87. The molecule has 0 saturated heterocycles. The Morgan fingerprint density at radius 1 is 1.60 bits per heavy atom. The van der Waals surface area contributed by atoms with Gasteiger partial charge in [0.1, 0.15) is 5.69 Å². The average molecular weight is 225 g/mol. The zero-order valence-electron chi connectivity index (χ0n) is 8.19. The fourth-order valence-electron chi connectivity index (χ4n) is 1.08. The van der Waals surface area contributed by atoms with Gasteiger partial charge in [-0.05, 0) is 6.07 Å². The van der Waals surface area contributed by atoms with Crippen molar-refractivity contribution in [1.29, 1.82) is 0 Å². The van der Waals surface area contributed by atoms with Crippen molar-refractivity contribution in [2.75, 3.05) is 13.6 Å². The lowest BCUT2D eigenvalue weighted by atomic mass is 10.3. The molecule has 1 amide bonds. The number of aromatic amines is 1. The van der Waals surface area contributed by atoms with Crippen molar-refractivity contribution in [2.24, 2.45) is 5.73 Å². The molecule has 1 heterocycles. The summed E-state index contributed by atoms with van der Waals surface area (Å²) in [6, 6.07) is 4.38. The second kappa shape index (κ2) is 4.70. The Bertz CT molecular complexity index is 441. The number of thiocarbonyl (C=S) groups is 1. The molecule has 0 spiro atoms. The Morgan fingerprint density at radius 3 is 2.80 bits per heavy atom. The van der Waals surface area contributed by atoms with Gasteiger partial charge in [-0.3, -0.25) is 9.59 Å². The predicted octanol–water partition coefficient (Wildman–Crippen LogP) is -0.267. The number of likely N-dealkylation sites (N-methyl/N-ethyl adjacent to an activating group) is 1. The summed E-state index contributed by atoms with van der Waals surface area (Å²) in [5, 5.41) is 0. The summed E-state index contributed by atoms with van der Waals surface area (Å²) in [5.41, 5.74) is 5.21. The van der Waals surface area contributed by atoms with Crippen molar-refractivity contribution in [3.8, 4) is 0 Å². The molecule has 0 aromatic carbocycles. The number of hydrogen-bond donors (Lipinski definition) is 2. The Balaban J connectivity index is 2.85. The van der Waals surface area contributed by atoms with Gasteiger partial charge in [0.05, 0.1) is 11.5 Å². The maximum Gasteiger partial charge on any atom is 0.270 e. The molecule has 0 saturated carbocycles. The van der Waals surface area contributed by atoms with Crippen LogP contribution in [-0.2, 0) is 0 Å². The van der Waals surface area contributed by atoms with Gasteiger partial charge in [-0.2, -0.15) is 0 Å². The van der Waals surface area contributed by atoms with Crippen LogP contribution < -0.4 is 11.3 Å². The second-order valence-corrected chi connectivity index (χ2v) is 3.58. The van der Waals surface area contributed by atoms with Crippen LogP contribution in [0, 0.1) is 0 Å². The number of pyridine rings is 1. The summed E-state index contributed by atoms with van der Waals surface area (Å²) < 4.78 is 0. The zero-order chi connectivity index (χ0) is 11.4. The molecule has 6 heteroatoms. The zero-order valence-corrected chi connectivity index (χ0v) is 9.00. The van der Waals surface area contributed by atoms with Crippen molar-refractivity contribution in [2.45, 2.75) is 0 Å². The number of nitrogens with one attached hydrogen (secondary N) is 1. The Labute approximate surface area is 91.9 Å². The minimum Gasteiger partial charge on any atom is -0.392 e. The van der Waals surface area contributed by atoms with Crippen LogP contribution in [0.4, 0.5) is 0 Å². The average Bonchev–Trinajstić information content (AvgIpc) is 2.15. The lowest BCUT2D eigenvalue weighted by Gasteiger charge is -2.15. The minimum atomic E-state index is -0.319. The highest BCUT2D eigenvalue weighted by Gasteiger charge is 2.12. The molecule has 5 nitrogen and oxygen atoms in total. The number of amides is 1. The van der Waals surface area contributed by atoms with Crippen LogP contribution in [0.5, 0.6) is 0 Å². The molecule has 0 bridgehead atoms. The molecule has 0 aliphatic rings. The molecular weight excluding hydrogens is 214 g/mol. The Kier molecular flexibility index (Phi) is 3.56. The molecular formula is C9H11N3O2S. The minimum absolute atomic E-state index is 0.186. The highest BCUT2D eigenvalue weighted by Crippen LogP contribution is 1.96. The lowest BCUT2D eigenvalue weighted by molar-refractivity contribution is 0.0809. The van der Waals surface area contributed by atoms with E-state index in [9.17, 15) is 9.59 Å². The summed E-state index contributed by atoms with van der Waals surface area (Å²) in [6.45, 7) is 0.186. The van der Waals surface area contributed by atoms with Gasteiger partial charge < -0.3 is 15.6 Å². The van der Waals surface area contributed by atoms with E-state index in [1.807, 2.05) is 0 Å². The van der Waals surface area contributed by atoms with Gasteiger partial charge >= 0.3 is 0 Å². The molecule has 1 rings (SSSR count). The van der Waals surface area contributed by atoms with E-state index in [1.54, 1.807) is 7.05 Å². The summed E-state index contributed by atoms with van der Waals surface area (Å²) in [4.78, 5) is 26.6. The van der Waals surface area contributed by atoms with E-state index in [2.05, 4.69) is 17.2 Å². The van der Waals surface area contributed by atoms with Crippen LogP contribution >= 0.6 is 12.2 Å². The molecule has 15 heavy (non-hydrogen) atoms. The van der Waals surface area contributed by atoms with Crippen LogP contribution in [0.3, 0.4) is 0 Å². The molecule has 0 unspecified atom stereocenters. The van der Waals surface area contributed by atoms with Crippen LogP contribution in [-0.4, -0.2) is 34.4 Å². The normalized spacial score (nSPS) is 9.67. The summed E-state index contributed by atoms with van der Waals surface area (Å²) in [7, 11) is 1.56. The molecule has 0 fully saturated rings. The van der Waals surface area contributed by atoms with Crippen molar-refractivity contribution >= 4 is 23.1 Å². The van der Waals surface area contributed by atoms with E-state index in [4.69, 9.17) is 5.73 Å². The lowest BCUT2D eigenvalue weighted by Crippen LogP contribution is -2.35. The number of nitrogens with two attached hydrogens (primary N) is 1. The summed E-state index contributed by atoms with van der Waals surface area (Å²) in [5.74, 6) is -0.319. The van der Waals surface area contributed by atoms with Gasteiger partial charge in [0.15, 0.2) is 0 Å². The fraction of sp³-hybridized carbons (Fsp3) is 0.222. The fourth-order valence-corrected chi connectivity index (χ4v) is 1.28. The molecule has 0 radical (unpaired) electrons. The Hall–Kier alpha value is -1.69. The van der Waals surface area contributed by atoms with Crippen molar-refractivity contribution in [1.82, 2.24) is 9.88 Å². The van der Waals surface area contributed by atoms with Gasteiger partial charge in [0.25, 0.3) is 5.91 Å². The molecule has 0 aliphatic heterocycles. The van der Waals surface area contributed by atoms with Gasteiger partial charge in [-0.15, -0.1) is 0 Å². The largest absolute Gasteiger partial charge is 0.392 e. The van der Waals surface area contributed by atoms with Crippen LogP contribution in [0.2, 0.25) is 0 Å². The Morgan fingerprint density at radius 2 is 2.27 bits per heavy atom. The third-order valence-electron chi connectivity index (χ3n) is 1.74. The maximum absolute atomic E-state index is 11.7. The number of carbonyl (C=O) groups excluding carboxylic acids is 1. The molecule has 1 aromatic rings. The van der Waals surface area contributed by atoms with Gasteiger partial charge in [-0.25, -0.2) is 0 Å². The number of rotatable bonds is 3. The summed E-state index contributed by atoms with van der Waals surface area (Å²) >= 11 is 4.68. The van der Waals surface area contributed by atoms with Gasteiger partial charge in [-0.1, -0.05) is 18.3 Å². The highest BCUT2D eigenvalue weighted by molar-refractivity contribution is 7.80. The van der Waals surface area contributed by atoms with E-state index < -0.39 is 0 Å². The number of aromatic nitrogens is 1. The smallest absolute Gasteiger partial charge is 0.270 e. The van der Waals surface area contributed by atoms with Gasteiger partial charge in [0, 0.05) is 13.1 Å². The first-order valence-electron chi connectivity index (χ1n) is 4.24. The van der Waals surface area contributed by atoms with E-state index in [0.717, 1.165) is 0 Å². The van der Waals surface area contributed by atoms with Crippen LogP contribution in [0.25, 0.3) is 0 Å². The molecule has 80 valence electrons. The first-order valence-corrected chi connectivity index (χ1v) is 4.64. The standard InChI is InChI=1S/C9H11N3O2S/c1-12(5-7(10)15)9(14)6-3-2-4-8(13)11-6/h2-4H,5H2,1H3,(H2,10,15)(H,11,13). The molecule has 1 aromatic heterocycles. The second-order valence-electron chi connectivity index (χ2n) is 3.06. The quantitative estimate of drug-likeness (QED) is 0.694. The summed E-state index contributed by atoms with van der Waals surface area (Å²) in [6.07, 6.45) is 0. The number of nitrogens with zero attached hydrogens (tertiary/aromatic N) is 1. The van der Waals surface area contributed by atoms with Crippen LogP contribution in [0.1, 0.15) is 10.5 Å². The predicted molar refractivity (Wildman–Crippen MR) is 60.8 cm³/mol. The molecule has 3 N–H and O–H groups in total. The van der Waals surface area contributed by atoms with E-state index in [-0.39, 0.29) is 28.7 Å². The first-order chi connectivity index (χ1) is 7.00. The van der Waals surface area contributed by atoms with Gasteiger partial charge in [0.2, 0.25) is 5.56 Å². The van der Waals surface area contributed by atoms with Crippen LogP contribution in [0.15, 0.2) is 23.0 Å². The SMILES string of the molecule is CN(CC(N)=S)C(=O)c1cccc(=O)[nH]1.